The molecule has 0 aromatic carbocycles. The highest BCUT2D eigenvalue weighted by Gasteiger charge is 2.23. The standard InChI is InChI=1S/C14H25N3/c1-11(14(2,3)4)9-13(17-15)10-12-7-5-6-8-16-12/h5-8,11,13,17H,9-10,15H2,1-4H3. The van der Waals surface area contributed by atoms with Crippen LogP contribution in [0.3, 0.4) is 0 Å². The van der Waals surface area contributed by atoms with E-state index in [0.29, 0.717) is 17.4 Å². The van der Waals surface area contributed by atoms with Gasteiger partial charge >= 0.3 is 0 Å². The maximum absolute atomic E-state index is 5.63. The van der Waals surface area contributed by atoms with Crippen molar-refractivity contribution >= 4 is 0 Å². The van der Waals surface area contributed by atoms with Gasteiger partial charge in [-0.25, -0.2) is 0 Å². The van der Waals surface area contributed by atoms with Crippen LogP contribution in [0.1, 0.15) is 39.8 Å². The summed E-state index contributed by atoms with van der Waals surface area (Å²) in [6.45, 7) is 9.09. The Balaban J connectivity index is 2.55. The number of nitrogens with one attached hydrogen (secondary N) is 1. The van der Waals surface area contributed by atoms with Gasteiger partial charge < -0.3 is 0 Å². The van der Waals surface area contributed by atoms with Crippen LogP contribution in [0.2, 0.25) is 0 Å². The highest BCUT2D eigenvalue weighted by molar-refractivity contribution is 5.05. The molecule has 3 nitrogen and oxygen atoms in total. The number of hydrogen-bond donors (Lipinski definition) is 2. The molecule has 2 unspecified atom stereocenters. The summed E-state index contributed by atoms with van der Waals surface area (Å²) in [7, 11) is 0. The normalized spacial score (nSPS) is 15.6. The first kappa shape index (κ1) is 14.1. The Morgan fingerprint density at radius 3 is 2.53 bits per heavy atom. The second-order valence-electron chi connectivity index (χ2n) is 5.89. The molecule has 0 bridgehead atoms. The van der Waals surface area contributed by atoms with Crippen molar-refractivity contribution in [1.82, 2.24) is 10.4 Å². The summed E-state index contributed by atoms with van der Waals surface area (Å²) in [6.07, 6.45) is 3.78. The number of hydrazine groups is 1. The van der Waals surface area contributed by atoms with E-state index in [1.807, 2.05) is 24.4 Å². The Hall–Kier alpha value is -0.930. The monoisotopic (exact) mass is 235 g/mol. The van der Waals surface area contributed by atoms with Gasteiger partial charge in [0.2, 0.25) is 0 Å². The second-order valence-corrected chi connectivity index (χ2v) is 5.89. The molecule has 1 aromatic rings. The minimum atomic E-state index is 0.291. The zero-order valence-electron chi connectivity index (χ0n) is 11.4. The van der Waals surface area contributed by atoms with Gasteiger partial charge in [0.15, 0.2) is 0 Å². The summed E-state index contributed by atoms with van der Waals surface area (Å²) in [4.78, 5) is 4.34. The Bertz CT molecular complexity index is 316. The Labute approximate surface area is 105 Å². The summed E-state index contributed by atoms with van der Waals surface area (Å²) < 4.78 is 0. The third kappa shape index (κ3) is 4.84. The first-order valence-corrected chi connectivity index (χ1v) is 6.29. The summed E-state index contributed by atoms with van der Waals surface area (Å²) in [6, 6.07) is 6.29. The fraction of sp³-hybridized carbons (Fsp3) is 0.643. The molecule has 3 N–H and O–H groups in total. The smallest absolute Gasteiger partial charge is 0.0419 e. The fourth-order valence-corrected chi connectivity index (χ4v) is 1.76. The molecule has 0 saturated heterocycles. The lowest BCUT2D eigenvalue weighted by atomic mass is 9.78. The Kier molecular flexibility index (Phi) is 5.09. The van der Waals surface area contributed by atoms with E-state index in [-0.39, 0.29) is 0 Å². The maximum atomic E-state index is 5.63. The van der Waals surface area contributed by atoms with E-state index in [2.05, 4.69) is 38.1 Å². The van der Waals surface area contributed by atoms with Gasteiger partial charge in [-0.2, -0.15) is 0 Å². The molecule has 0 aliphatic rings. The van der Waals surface area contributed by atoms with Crippen molar-refractivity contribution in [1.29, 1.82) is 0 Å². The van der Waals surface area contributed by atoms with Crippen LogP contribution < -0.4 is 11.3 Å². The molecule has 96 valence electrons. The molecule has 0 aliphatic heterocycles. The molecule has 2 atom stereocenters. The maximum Gasteiger partial charge on any atom is 0.0419 e. The topological polar surface area (TPSA) is 50.9 Å². The summed E-state index contributed by atoms with van der Waals surface area (Å²) in [5.41, 5.74) is 4.33. The van der Waals surface area contributed by atoms with Crippen molar-refractivity contribution in [2.75, 3.05) is 0 Å². The van der Waals surface area contributed by atoms with Crippen molar-refractivity contribution in [2.45, 2.75) is 46.6 Å². The van der Waals surface area contributed by atoms with Crippen LogP contribution in [0.4, 0.5) is 0 Å². The van der Waals surface area contributed by atoms with E-state index in [9.17, 15) is 0 Å². The van der Waals surface area contributed by atoms with Gasteiger partial charge in [-0.1, -0.05) is 33.8 Å². The molecular formula is C14H25N3. The molecule has 0 spiro atoms. The minimum Gasteiger partial charge on any atom is -0.271 e. The van der Waals surface area contributed by atoms with E-state index >= 15 is 0 Å². The fourth-order valence-electron chi connectivity index (χ4n) is 1.76. The lowest BCUT2D eigenvalue weighted by Gasteiger charge is -2.30. The largest absolute Gasteiger partial charge is 0.271 e. The van der Waals surface area contributed by atoms with Crippen LogP contribution in [-0.4, -0.2) is 11.0 Å². The highest BCUT2D eigenvalue weighted by Crippen LogP contribution is 2.29. The molecule has 1 aromatic heterocycles. The quantitative estimate of drug-likeness (QED) is 0.609. The van der Waals surface area contributed by atoms with Crippen LogP contribution in [0.25, 0.3) is 0 Å². The molecule has 3 heteroatoms. The van der Waals surface area contributed by atoms with E-state index < -0.39 is 0 Å². The molecular weight excluding hydrogens is 210 g/mol. The highest BCUT2D eigenvalue weighted by atomic mass is 15.2. The van der Waals surface area contributed by atoms with Crippen molar-refractivity contribution in [2.24, 2.45) is 17.2 Å². The predicted octanol–water partition coefficient (Wildman–Crippen LogP) is 2.53. The molecule has 17 heavy (non-hydrogen) atoms. The summed E-state index contributed by atoms with van der Waals surface area (Å²) in [5.74, 6) is 6.25. The Morgan fingerprint density at radius 1 is 1.35 bits per heavy atom. The number of nitrogens with two attached hydrogens (primary N) is 1. The van der Waals surface area contributed by atoms with E-state index in [1.165, 1.54) is 0 Å². The van der Waals surface area contributed by atoms with Gasteiger partial charge in [0.05, 0.1) is 0 Å². The minimum absolute atomic E-state index is 0.291. The van der Waals surface area contributed by atoms with Crippen LogP contribution in [0.15, 0.2) is 24.4 Å². The summed E-state index contributed by atoms with van der Waals surface area (Å²) >= 11 is 0. The number of hydrogen-bond acceptors (Lipinski definition) is 3. The molecule has 0 saturated carbocycles. The van der Waals surface area contributed by atoms with Crippen molar-refractivity contribution in [3.63, 3.8) is 0 Å². The molecule has 0 fully saturated rings. The van der Waals surface area contributed by atoms with E-state index in [4.69, 9.17) is 5.84 Å². The zero-order valence-corrected chi connectivity index (χ0v) is 11.4. The van der Waals surface area contributed by atoms with E-state index in [1.54, 1.807) is 0 Å². The van der Waals surface area contributed by atoms with Gasteiger partial charge in [0.25, 0.3) is 0 Å². The lowest BCUT2D eigenvalue weighted by molar-refractivity contribution is 0.222. The van der Waals surface area contributed by atoms with Crippen LogP contribution in [0.5, 0.6) is 0 Å². The number of rotatable bonds is 5. The number of pyridine rings is 1. The van der Waals surface area contributed by atoms with Gasteiger partial charge in [-0.3, -0.25) is 16.3 Å². The average molecular weight is 235 g/mol. The SMILES string of the molecule is CC(CC(Cc1ccccn1)NN)C(C)(C)C. The summed E-state index contributed by atoms with van der Waals surface area (Å²) in [5, 5.41) is 0. The molecule has 0 radical (unpaired) electrons. The van der Waals surface area contributed by atoms with Crippen LogP contribution >= 0.6 is 0 Å². The van der Waals surface area contributed by atoms with Gasteiger partial charge in [0, 0.05) is 24.4 Å². The zero-order chi connectivity index (χ0) is 12.9. The van der Waals surface area contributed by atoms with Gasteiger partial charge in [-0.05, 0) is 29.9 Å². The van der Waals surface area contributed by atoms with Crippen LogP contribution in [0, 0.1) is 11.3 Å². The third-order valence-electron chi connectivity index (χ3n) is 3.53. The first-order chi connectivity index (χ1) is 7.93. The average Bonchev–Trinajstić information content (AvgIpc) is 2.28. The molecule has 1 rings (SSSR count). The van der Waals surface area contributed by atoms with Gasteiger partial charge in [0.1, 0.15) is 0 Å². The second kappa shape index (κ2) is 6.12. The third-order valence-corrected chi connectivity index (χ3v) is 3.53. The number of aromatic nitrogens is 1. The molecule has 1 heterocycles. The Morgan fingerprint density at radius 2 is 2.06 bits per heavy atom. The first-order valence-electron chi connectivity index (χ1n) is 6.29. The molecule has 0 amide bonds. The molecule has 0 aliphatic carbocycles. The predicted molar refractivity (Wildman–Crippen MR) is 72.3 cm³/mol. The van der Waals surface area contributed by atoms with Crippen molar-refractivity contribution in [3.05, 3.63) is 30.1 Å². The van der Waals surface area contributed by atoms with Crippen molar-refractivity contribution in [3.8, 4) is 0 Å². The van der Waals surface area contributed by atoms with E-state index in [0.717, 1.165) is 18.5 Å². The number of nitrogens with zero attached hydrogens (tertiary/aromatic N) is 1. The lowest BCUT2D eigenvalue weighted by Crippen LogP contribution is -2.39. The van der Waals surface area contributed by atoms with Crippen molar-refractivity contribution < 1.29 is 0 Å². The van der Waals surface area contributed by atoms with Crippen LogP contribution in [-0.2, 0) is 6.42 Å². The van der Waals surface area contributed by atoms with Gasteiger partial charge in [-0.15, -0.1) is 0 Å².